The second-order valence-corrected chi connectivity index (χ2v) is 1.99. The maximum absolute atomic E-state index is 10.5. The van der Waals surface area contributed by atoms with E-state index >= 15 is 0 Å². The van der Waals surface area contributed by atoms with E-state index in [-0.39, 0.29) is 5.91 Å². The Morgan fingerprint density at radius 2 is 2.20 bits per heavy atom. The molecule has 1 aliphatic heterocycles. The zero-order chi connectivity index (χ0) is 7.98. The smallest absolute Gasteiger partial charge is 0.221 e. The molecule has 0 radical (unpaired) electrons. The predicted molar refractivity (Wildman–Crippen MR) is 41.8 cm³/mol. The summed E-state index contributed by atoms with van der Waals surface area (Å²) in [7, 11) is 1.87. The van der Waals surface area contributed by atoms with Gasteiger partial charge in [-0.2, -0.15) is 0 Å². The van der Waals surface area contributed by atoms with Crippen LogP contribution in [-0.4, -0.2) is 25.5 Å². The Hall–Kier alpha value is -0.570. The molecular weight excluding hydrogens is 128 g/mol. The van der Waals surface area contributed by atoms with Crippen molar-refractivity contribution >= 4 is 5.91 Å². The summed E-state index contributed by atoms with van der Waals surface area (Å²) in [5, 5.41) is 5.73. The summed E-state index contributed by atoms with van der Waals surface area (Å²) in [5.74, 6) is 0.157. The minimum absolute atomic E-state index is 0.157. The number of nitrogens with one attached hydrogen (secondary N) is 2. The Balaban J connectivity index is 0.000000371. The lowest BCUT2D eigenvalue weighted by Crippen LogP contribution is -2.26. The largest absolute Gasteiger partial charge is 0.354 e. The highest BCUT2D eigenvalue weighted by molar-refractivity contribution is 5.78. The molecule has 0 aromatic carbocycles. The van der Waals surface area contributed by atoms with Crippen LogP contribution in [0, 0.1) is 0 Å². The number of amides is 1. The van der Waals surface area contributed by atoms with Crippen molar-refractivity contribution in [3.8, 4) is 0 Å². The van der Waals surface area contributed by atoms with E-state index in [1.807, 2.05) is 20.9 Å². The highest BCUT2D eigenvalue weighted by Gasteiger charge is 2.18. The minimum Gasteiger partial charge on any atom is -0.354 e. The predicted octanol–water partition coefficient (Wildman–Crippen LogP) is 0.120. The van der Waals surface area contributed by atoms with Gasteiger partial charge in [-0.3, -0.25) is 4.79 Å². The Morgan fingerprint density at radius 3 is 2.40 bits per heavy atom. The summed E-state index contributed by atoms with van der Waals surface area (Å²) in [5.41, 5.74) is 0. The molecule has 0 aromatic rings. The average molecular weight is 144 g/mol. The van der Waals surface area contributed by atoms with Crippen molar-refractivity contribution in [3.63, 3.8) is 0 Å². The first-order valence-corrected chi connectivity index (χ1v) is 3.77. The standard InChI is InChI=1S/C5H10N2O.C2H6/c1-6-4-2-5(8)7-3-4;1-2/h4,6H,2-3H2,1H3,(H,7,8);1-2H3. The highest BCUT2D eigenvalue weighted by Crippen LogP contribution is 1.96. The molecule has 1 aliphatic rings. The van der Waals surface area contributed by atoms with Gasteiger partial charge in [-0.05, 0) is 7.05 Å². The Kier molecular flexibility index (Phi) is 4.94. The van der Waals surface area contributed by atoms with E-state index in [1.165, 1.54) is 0 Å². The van der Waals surface area contributed by atoms with Gasteiger partial charge in [0.05, 0.1) is 0 Å². The van der Waals surface area contributed by atoms with Gasteiger partial charge in [0.25, 0.3) is 0 Å². The first kappa shape index (κ1) is 9.43. The van der Waals surface area contributed by atoms with Gasteiger partial charge in [-0.25, -0.2) is 0 Å². The molecule has 0 spiro atoms. The quantitative estimate of drug-likeness (QED) is 0.549. The third-order valence-electron chi connectivity index (χ3n) is 1.39. The zero-order valence-corrected chi connectivity index (χ0v) is 6.90. The SMILES string of the molecule is CC.CNC1CNC(=O)C1. The fourth-order valence-electron chi connectivity index (χ4n) is 0.809. The number of hydrogen-bond acceptors (Lipinski definition) is 2. The van der Waals surface area contributed by atoms with Crippen molar-refractivity contribution in [1.82, 2.24) is 10.6 Å². The molecule has 1 saturated heterocycles. The molecular formula is C7H16N2O. The van der Waals surface area contributed by atoms with Gasteiger partial charge in [-0.15, -0.1) is 0 Å². The molecule has 1 atom stereocenters. The van der Waals surface area contributed by atoms with Gasteiger partial charge in [0, 0.05) is 19.0 Å². The maximum atomic E-state index is 10.5. The van der Waals surface area contributed by atoms with Crippen LogP contribution in [0.25, 0.3) is 0 Å². The van der Waals surface area contributed by atoms with E-state index in [0.29, 0.717) is 12.5 Å². The minimum atomic E-state index is 0.157. The first-order valence-electron chi connectivity index (χ1n) is 3.77. The van der Waals surface area contributed by atoms with Crippen molar-refractivity contribution in [3.05, 3.63) is 0 Å². The van der Waals surface area contributed by atoms with E-state index in [1.54, 1.807) is 0 Å². The van der Waals surface area contributed by atoms with Gasteiger partial charge in [0.1, 0.15) is 0 Å². The Labute approximate surface area is 62.2 Å². The molecule has 0 bridgehead atoms. The molecule has 0 saturated carbocycles. The lowest BCUT2D eigenvalue weighted by atomic mass is 10.3. The van der Waals surface area contributed by atoms with Crippen molar-refractivity contribution in [2.24, 2.45) is 0 Å². The molecule has 1 heterocycles. The zero-order valence-electron chi connectivity index (χ0n) is 6.90. The molecule has 1 rings (SSSR count). The lowest BCUT2D eigenvalue weighted by molar-refractivity contribution is -0.119. The van der Waals surface area contributed by atoms with Gasteiger partial charge in [0.15, 0.2) is 0 Å². The molecule has 3 heteroatoms. The molecule has 0 aromatic heterocycles. The van der Waals surface area contributed by atoms with Gasteiger partial charge >= 0.3 is 0 Å². The average Bonchev–Trinajstić information content (AvgIpc) is 2.40. The fourth-order valence-corrected chi connectivity index (χ4v) is 0.809. The Morgan fingerprint density at radius 1 is 1.60 bits per heavy atom. The molecule has 1 amide bonds. The summed E-state index contributed by atoms with van der Waals surface area (Å²) in [4.78, 5) is 10.5. The van der Waals surface area contributed by atoms with Gasteiger partial charge in [0.2, 0.25) is 5.91 Å². The van der Waals surface area contributed by atoms with E-state index in [0.717, 1.165) is 6.54 Å². The third-order valence-corrected chi connectivity index (χ3v) is 1.39. The molecule has 1 fully saturated rings. The van der Waals surface area contributed by atoms with Crippen LogP contribution in [0.15, 0.2) is 0 Å². The summed E-state index contributed by atoms with van der Waals surface area (Å²) in [6.45, 7) is 4.79. The molecule has 0 aliphatic carbocycles. The molecule has 2 N–H and O–H groups in total. The van der Waals surface area contributed by atoms with Gasteiger partial charge < -0.3 is 10.6 Å². The van der Waals surface area contributed by atoms with Gasteiger partial charge in [-0.1, -0.05) is 13.8 Å². The normalized spacial score (nSPS) is 23.1. The summed E-state index contributed by atoms with van der Waals surface area (Å²) in [6, 6.07) is 0.363. The summed E-state index contributed by atoms with van der Waals surface area (Å²) < 4.78 is 0. The summed E-state index contributed by atoms with van der Waals surface area (Å²) in [6.07, 6.45) is 0.635. The molecule has 3 nitrogen and oxygen atoms in total. The summed E-state index contributed by atoms with van der Waals surface area (Å²) >= 11 is 0. The van der Waals surface area contributed by atoms with E-state index < -0.39 is 0 Å². The molecule has 10 heavy (non-hydrogen) atoms. The van der Waals surface area contributed by atoms with E-state index in [4.69, 9.17) is 0 Å². The first-order chi connectivity index (χ1) is 4.83. The van der Waals surface area contributed by atoms with Crippen molar-refractivity contribution in [2.45, 2.75) is 26.3 Å². The second kappa shape index (κ2) is 5.23. The van der Waals surface area contributed by atoms with E-state index in [9.17, 15) is 4.79 Å². The lowest BCUT2D eigenvalue weighted by Gasteiger charge is -2.00. The number of rotatable bonds is 1. The van der Waals surface area contributed by atoms with Crippen LogP contribution in [0.2, 0.25) is 0 Å². The van der Waals surface area contributed by atoms with Crippen LogP contribution >= 0.6 is 0 Å². The number of carbonyl (C=O) groups excluding carboxylic acids is 1. The maximum Gasteiger partial charge on any atom is 0.221 e. The molecule has 1 unspecified atom stereocenters. The third kappa shape index (κ3) is 2.82. The van der Waals surface area contributed by atoms with Crippen molar-refractivity contribution in [1.29, 1.82) is 0 Å². The van der Waals surface area contributed by atoms with Crippen LogP contribution in [0.1, 0.15) is 20.3 Å². The van der Waals surface area contributed by atoms with Crippen molar-refractivity contribution < 1.29 is 4.79 Å². The van der Waals surface area contributed by atoms with Crippen LogP contribution < -0.4 is 10.6 Å². The van der Waals surface area contributed by atoms with Crippen LogP contribution in [0.4, 0.5) is 0 Å². The molecule has 60 valence electrons. The number of carbonyl (C=O) groups is 1. The highest BCUT2D eigenvalue weighted by atomic mass is 16.1. The second-order valence-electron chi connectivity index (χ2n) is 1.99. The number of likely N-dealkylation sites (N-methyl/N-ethyl adjacent to an activating group) is 1. The van der Waals surface area contributed by atoms with Crippen LogP contribution in [0.5, 0.6) is 0 Å². The number of hydrogen-bond donors (Lipinski definition) is 2. The topological polar surface area (TPSA) is 41.1 Å². The Bertz CT molecular complexity index is 104. The van der Waals surface area contributed by atoms with Crippen LogP contribution in [0.3, 0.4) is 0 Å². The van der Waals surface area contributed by atoms with Crippen LogP contribution in [-0.2, 0) is 4.79 Å². The monoisotopic (exact) mass is 144 g/mol. The fraction of sp³-hybridized carbons (Fsp3) is 0.857. The van der Waals surface area contributed by atoms with Crippen molar-refractivity contribution in [2.75, 3.05) is 13.6 Å². The van der Waals surface area contributed by atoms with E-state index in [2.05, 4.69) is 10.6 Å².